The number of benzene rings is 2. The van der Waals surface area contributed by atoms with Crippen LogP contribution in [0.1, 0.15) is 27.2 Å². The second kappa shape index (κ2) is 10.5. The van der Waals surface area contributed by atoms with Gasteiger partial charge in [0.2, 0.25) is 5.91 Å². The SMILES string of the molecule is O=C(Cc1csc(-c2ccc(CN3CCOCC3)cc2)n1)NCc1ccc(C(=O)O)cc1. The number of carboxylic acids is 1. The van der Waals surface area contributed by atoms with E-state index in [-0.39, 0.29) is 17.9 Å². The van der Waals surface area contributed by atoms with Crippen LogP contribution in [0.4, 0.5) is 0 Å². The van der Waals surface area contributed by atoms with Gasteiger partial charge in [0.25, 0.3) is 0 Å². The predicted molar refractivity (Wildman–Crippen MR) is 123 cm³/mol. The average Bonchev–Trinajstić information content (AvgIpc) is 3.27. The molecule has 2 N–H and O–H groups in total. The van der Waals surface area contributed by atoms with E-state index in [9.17, 15) is 9.59 Å². The summed E-state index contributed by atoms with van der Waals surface area (Å²) >= 11 is 1.53. The Kier molecular flexibility index (Phi) is 7.26. The Hall–Kier alpha value is -3.07. The number of thiazole rings is 1. The largest absolute Gasteiger partial charge is 0.478 e. The Morgan fingerprint density at radius 2 is 1.72 bits per heavy atom. The van der Waals surface area contributed by atoms with Crippen molar-refractivity contribution in [3.05, 3.63) is 76.3 Å². The number of nitrogens with one attached hydrogen (secondary N) is 1. The van der Waals surface area contributed by atoms with Gasteiger partial charge in [0.1, 0.15) is 5.01 Å². The van der Waals surface area contributed by atoms with Crippen molar-refractivity contribution >= 4 is 23.2 Å². The Morgan fingerprint density at radius 1 is 1.03 bits per heavy atom. The van der Waals surface area contributed by atoms with Crippen LogP contribution in [0.5, 0.6) is 0 Å². The number of carbonyl (C=O) groups excluding carboxylic acids is 1. The molecule has 7 nitrogen and oxygen atoms in total. The molecule has 0 unspecified atom stereocenters. The number of amides is 1. The summed E-state index contributed by atoms with van der Waals surface area (Å²) in [5.74, 6) is -1.09. The van der Waals surface area contributed by atoms with Crippen LogP contribution < -0.4 is 5.32 Å². The maximum absolute atomic E-state index is 12.3. The molecule has 166 valence electrons. The monoisotopic (exact) mass is 451 g/mol. The molecule has 0 bridgehead atoms. The smallest absolute Gasteiger partial charge is 0.335 e. The lowest BCUT2D eigenvalue weighted by atomic mass is 10.1. The summed E-state index contributed by atoms with van der Waals surface area (Å²) in [6, 6.07) is 14.9. The maximum Gasteiger partial charge on any atom is 0.335 e. The van der Waals surface area contributed by atoms with Gasteiger partial charge < -0.3 is 15.2 Å². The molecule has 0 atom stereocenters. The fraction of sp³-hybridized carbons (Fsp3) is 0.292. The number of nitrogens with zero attached hydrogens (tertiary/aromatic N) is 2. The lowest BCUT2D eigenvalue weighted by Crippen LogP contribution is -2.35. The van der Waals surface area contributed by atoms with E-state index in [1.54, 1.807) is 12.1 Å². The first-order valence-electron chi connectivity index (χ1n) is 10.5. The second-order valence-corrected chi connectivity index (χ2v) is 8.54. The molecule has 0 radical (unpaired) electrons. The van der Waals surface area contributed by atoms with Crippen molar-refractivity contribution in [1.29, 1.82) is 0 Å². The Morgan fingerprint density at radius 3 is 2.41 bits per heavy atom. The number of hydrogen-bond acceptors (Lipinski definition) is 6. The first-order chi connectivity index (χ1) is 15.6. The highest BCUT2D eigenvalue weighted by Crippen LogP contribution is 2.24. The fourth-order valence-corrected chi connectivity index (χ4v) is 4.31. The van der Waals surface area contributed by atoms with Gasteiger partial charge in [-0.2, -0.15) is 0 Å². The first kappa shape index (κ1) is 22.1. The van der Waals surface area contributed by atoms with E-state index in [1.165, 1.54) is 29.0 Å². The van der Waals surface area contributed by atoms with Crippen molar-refractivity contribution in [2.75, 3.05) is 26.3 Å². The molecule has 1 fully saturated rings. The van der Waals surface area contributed by atoms with E-state index in [1.807, 2.05) is 5.38 Å². The number of ether oxygens (including phenoxy) is 1. The number of aromatic carboxylic acids is 1. The minimum absolute atomic E-state index is 0.120. The molecular weight excluding hydrogens is 426 g/mol. The summed E-state index contributed by atoms with van der Waals surface area (Å²) in [6.07, 6.45) is 0.207. The zero-order valence-electron chi connectivity index (χ0n) is 17.6. The van der Waals surface area contributed by atoms with Crippen molar-refractivity contribution in [3.63, 3.8) is 0 Å². The third-order valence-electron chi connectivity index (χ3n) is 5.29. The third-order valence-corrected chi connectivity index (χ3v) is 6.23. The molecule has 4 rings (SSSR count). The van der Waals surface area contributed by atoms with E-state index < -0.39 is 5.97 Å². The minimum atomic E-state index is -0.966. The van der Waals surface area contributed by atoms with Crippen LogP contribution in [0.25, 0.3) is 10.6 Å². The van der Waals surface area contributed by atoms with Crippen molar-refractivity contribution in [2.45, 2.75) is 19.5 Å². The van der Waals surface area contributed by atoms with Gasteiger partial charge in [-0.15, -0.1) is 11.3 Å². The summed E-state index contributed by atoms with van der Waals surface area (Å²) in [4.78, 5) is 30.2. The normalized spacial score (nSPS) is 14.2. The molecule has 1 aromatic heterocycles. The van der Waals surface area contributed by atoms with Gasteiger partial charge in [0.15, 0.2) is 0 Å². The van der Waals surface area contributed by atoms with E-state index in [0.717, 1.165) is 54.7 Å². The molecule has 2 heterocycles. The highest BCUT2D eigenvalue weighted by atomic mass is 32.1. The van der Waals surface area contributed by atoms with Crippen molar-refractivity contribution in [3.8, 4) is 10.6 Å². The number of morpholine rings is 1. The second-order valence-electron chi connectivity index (χ2n) is 7.69. The van der Waals surface area contributed by atoms with E-state index in [2.05, 4.69) is 39.5 Å². The molecule has 32 heavy (non-hydrogen) atoms. The lowest BCUT2D eigenvalue weighted by Gasteiger charge is -2.26. The number of carboxylic acid groups (broad SMARTS) is 1. The molecule has 1 amide bonds. The predicted octanol–water partition coefficient (Wildman–Crippen LogP) is 3.20. The van der Waals surface area contributed by atoms with Crippen molar-refractivity contribution < 1.29 is 19.4 Å². The van der Waals surface area contributed by atoms with Crippen LogP contribution in [0.3, 0.4) is 0 Å². The van der Waals surface area contributed by atoms with E-state index >= 15 is 0 Å². The summed E-state index contributed by atoms with van der Waals surface area (Å²) in [6.45, 7) is 4.79. The van der Waals surface area contributed by atoms with Gasteiger partial charge in [0, 0.05) is 37.1 Å². The summed E-state index contributed by atoms with van der Waals surface area (Å²) < 4.78 is 5.40. The molecule has 1 aliphatic heterocycles. The highest BCUT2D eigenvalue weighted by Gasteiger charge is 2.12. The summed E-state index contributed by atoms with van der Waals surface area (Å²) in [7, 11) is 0. The summed E-state index contributed by atoms with van der Waals surface area (Å²) in [5, 5.41) is 14.6. The maximum atomic E-state index is 12.3. The van der Waals surface area contributed by atoms with Gasteiger partial charge in [0.05, 0.1) is 30.9 Å². The minimum Gasteiger partial charge on any atom is -0.478 e. The van der Waals surface area contributed by atoms with Gasteiger partial charge in [-0.25, -0.2) is 9.78 Å². The van der Waals surface area contributed by atoms with Crippen LogP contribution in [-0.4, -0.2) is 53.2 Å². The lowest BCUT2D eigenvalue weighted by molar-refractivity contribution is -0.120. The fourth-order valence-electron chi connectivity index (χ4n) is 3.48. The molecule has 3 aromatic rings. The average molecular weight is 452 g/mol. The number of carbonyl (C=O) groups is 2. The quantitative estimate of drug-likeness (QED) is 0.547. The standard InChI is InChI=1S/C24H25N3O4S/c28-22(25-14-17-1-7-20(8-2-17)24(29)30)13-21-16-32-23(26-21)19-5-3-18(4-6-19)15-27-9-11-31-12-10-27/h1-8,16H,9-15H2,(H,25,28)(H,29,30). The Bertz CT molecular complexity index is 1060. The molecular formula is C24H25N3O4S. The van der Waals surface area contributed by atoms with Gasteiger partial charge in [-0.05, 0) is 23.3 Å². The zero-order chi connectivity index (χ0) is 22.3. The molecule has 0 saturated carbocycles. The van der Waals surface area contributed by atoms with Crippen LogP contribution in [0, 0.1) is 0 Å². The Labute approximate surface area is 190 Å². The van der Waals surface area contributed by atoms with Crippen LogP contribution in [0.15, 0.2) is 53.9 Å². The number of hydrogen-bond donors (Lipinski definition) is 2. The topological polar surface area (TPSA) is 91.8 Å². The van der Waals surface area contributed by atoms with Gasteiger partial charge in [-0.1, -0.05) is 36.4 Å². The van der Waals surface area contributed by atoms with Crippen molar-refractivity contribution in [1.82, 2.24) is 15.2 Å². The zero-order valence-corrected chi connectivity index (χ0v) is 18.4. The van der Waals surface area contributed by atoms with E-state index in [4.69, 9.17) is 9.84 Å². The highest BCUT2D eigenvalue weighted by molar-refractivity contribution is 7.13. The molecule has 0 aliphatic carbocycles. The number of aromatic nitrogens is 1. The molecule has 2 aromatic carbocycles. The van der Waals surface area contributed by atoms with Crippen LogP contribution in [0.2, 0.25) is 0 Å². The van der Waals surface area contributed by atoms with Gasteiger partial charge >= 0.3 is 5.97 Å². The van der Waals surface area contributed by atoms with E-state index in [0.29, 0.717) is 6.54 Å². The molecule has 1 saturated heterocycles. The number of rotatable bonds is 8. The third kappa shape index (κ3) is 6.00. The Balaban J connectivity index is 1.28. The first-order valence-corrected chi connectivity index (χ1v) is 11.4. The molecule has 8 heteroatoms. The van der Waals surface area contributed by atoms with Crippen LogP contribution in [-0.2, 0) is 29.0 Å². The van der Waals surface area contributed by atoms with Crippen molar-refractivity contribution in [2.24, 2.45) is 0 Å². The summed E-state index contributed by atoms with van der Waals surface area (Å²) in [5.41, 5.74) is 4.12. The molecule has 1 aliphatic rings. The molecule has 0 spiro atoms. The van der Waals surface area contributed by atoms with Crippen LogP contribution >= 0.6 is 11.3 Å². The van der Waals surface area contributed by atoms with Gasteiger partial charge in [-0.3, -0.25) is 9.69 Å².